The van der Waals surface area contributed by atoms with Crippen LogP contribution in [0.5, 0.6) is 0 Å². The van der Waals surface area contributed by atoms with Crippen molar-refractivity contribution in [2.24, 2.45) is 5.92 Å². The number of carbonyl (C=O) groups excluding carboxylic acids is 2. The highest BCUT2D eigenvalue weighted by atomic mass is 16.6. The van der Waals surface area contributed by atoms with E-state index in [2.05, 4.69) is 10.6 Å². The quantitative estimate of drug-likeness (QED) is 0.845. The van der Waals surface area contributed by atoms with Crippen molar-refractivity contribution in [1.29, 1.82) is 0 Å². The molecule has 0 aliphatic carbocycles. The van der Waals surface area contributed by atoms with E-state index < -0.39 is 12.1 Å². The number of aryl methyl sites for hydroxylation is 1. The van der Waals surface area contributed by atoms with E-state index in [1.54, 1.807) is 13.8 Å². The van der Waals surface area contributed by atoms with Crippen LogP contribution < -0.4 is 10.6 Å². The lowest BCUT2D eigenvalue weighted by Gasteiger charge is -2.25. The largest absolute Gasteiger partial charge is 0.447 e. The fourth-order valence-electron chi connectivity index (χ4n) is 2.36. The van der Waals surface area contributed by atoms with Gasteiger partial charge in [-0.2, -0.15) is 0 Å². The lowest BCUT2D eigenvalue weighted by atomic mass is 10.00. The molecule has 5 heteroatoms. The van der Waals surface area contributed by atoms with Crippen LogP contribution in [0.2, 0.25) is 0 Å². The topological polar surface area (TPSA) is 67.4 Å². The molecule has 2 N–H and O–H groups in total. The number of alkyl carbamates (subject to hydrolysis) is 1. The van der Waals surface area contributed by atoms with E-state index in [1.165, 1.54) is 0 Å². The summed E-state index contributed by atoms with van der Waals surface area (Å²) < 4.78 is 5.06. The van der Waals surface area contributed by atoms with E-state index >= 15 is 0 Å². The molecule has 0 fully saturated rings. The van der Waals surface area contributed by atoms with Crippen LogP contribution in [0.4, 0.5) is 4.79 Å². The SMILES string of the molecule is Cc1ccccc1C(C)NC(=O)C(NC(=O)OC(C)C)C(C)C. The standard InChI is InChI=1S/C18H28N2O3/c1-11(2)16(20-18(22)23-12(3)4)17(21)19-14(6)15-10-8-7-9-13(15)5/h7-12,14,16H,1-6H3,(H,19,21)(H,20,22). The molecule has 2 unspecified atom stereocenters. The Morgan fingerprint density at radius 2 is 1.61 bits per heavy atom. The van der Waals surface area contributed by atoms with Gasteiger partial charge in [-0.15, -0.1) is 0 Å². The van der Waals surface area contributed by atoms with Gasteiger partial charge in [-0.05, 0) is 44.7 Å². The second kappa shape index (κ2) is 8.56. The van der Waals surface area contributed by atoms with Crippen LogP contribution in [0.3, 0.4) is 0 Å². The molecule has 0 saturated heterocycles. The van der Waals surface area contributed by atoms with Gasteiger partial charge in [-0.3, -0.25) is 4.79 Å². The van der Waals surface area contributed by atoms with Gasteiger partial charge in [0, 0.05) is 0 Å². The summed E-state index contributed by atoms with van der Waals surface area (Å²) in [7, 11) is 0. The lowest BCUT2D eigenvalue weighted by molar-refractivity contribution is -0.124. The Hall–Kier alpha value is -2.04. The van der Waals surface area contributed by atoms with Crippen LogP contribution in [0.1, 0.15) is 51.8 Å². The van der Waals surface area contributed by atoms with E-state index in [4.69, 9.17) is 4.74 Å². The van der Waals surface area contributed by atoms with Gasteiger partial charge in [0.1, 0.15) is 6.04 Å². The molecule has 0 aliphatic rings. The number of hydrogen-bond acceptors (Lipinski definition) is 3. The highest BCUT2D eigenvalue weighted by Gasteiger charge is 2.26. The van der Waals surface area contributed by atoms with Crippen LogP contribution in [0.25, 0.3) is 0 Å². The molecule has 0 radical (unpaired) electrons. The molecule has 0 aromatic heterocycles. The zero-order valence-corrected chi connectivity index (χ0v) is 14.8. The molecule has 0 aliphatic heterocycles. The molecule has 5 nitrogen and oxygen atoms in total. The van der Waals surface area contributed by atoms with Crippen molar-refractivity contribution >= 4 is 12.0 Å². The Bertz CT molecular complexity index is 541. The highest BCUT2D eigenvalue weighted by Crippen LogP contribution is 2.17. The maximum absolute atomic E-state index is 12.5. The molecule has 1 aromatic carbocycles. The molecule has 2 amide bonds. The molecule has 2 atom stereocenters. The van der Waals surface area contributed by atoms with Crippen LogP contribution in [-0.4, -0.2) is 24.1 Å². The van der Waals surface area contributed by atoms with Gasteiger partial charge in [0.05, 0.1) is 12.1 Å². The van der Waals surface area contributed by atoms with Crippen molar-refractivity contribution in [2.45, 2.75) is 59.7 Å². The van der Waals surface area contributed by atoms with Gasteiger partial charge in [0.15, 0.2) is 0 Å². The zero-order chi connectivity index (χ0) is 17.6. The van der Waals surface area contributed by atoms with Crippen molar-refractivity contribution in [2.75, 3.05) is 0 Å². The van der Waals surface area contributed by atoms with E-state index in [1.807, 2.05) is 52.0 Å². The van der Waals surface area contributed by atoms with Crippen LogP contribution in [-0.2, 0) is 9.53 Å². The molecule has 1 rings (SSSR count). The second-order valence-corrected chi connectivity index (χ2v) is 6.41. The number of amides is 2. The third kappa shape index (κ3) is 5.93. The minimum Gasteiger partial charge on any atom is -0.447 e. The smallest absolute Gasteiger partial charge is 0.408 e. The molecule has 0 heterocycles. The predicted octanol–water partition coefficient (Wildman–Crippen LogP) is 3.33. The molecule has 0 saturated carbocycles. The van der Waals surface area contributed by atoms with Crippen molar-refractivity contribution in [3.8, 4) is 0 Å². The van der Waals surface area contributed by atoms with Gasteiger partial charge in [-0.1, -0.05) is 38.1 Å². The maximum Gasteiger partial charge on any atom is 0.408 e. The van der Waals surface area contributed by atoms with Gasteiger partial charge in [-0.25, -0.2) is 4.79 Å². The highest BCUT2D eigenvalue weighted by molar-refractivity contribution is 5.86. The molecule has 0 bridgehead atoms. The van der Waals surface area contributed by atoms with E-state index in [-0.39, 0.29) is 24.0 Å². The van der Waals surface area contributed by atoms with Gasteiger partial charge < -0.3 is 15.4 Å². The van der Waals surface area contributed by atoms with Crippen LogP contribution >= 0.6 is 0 Å². The van der Waals surface area contributed by atoms with Crippen molar-refractivity contribution < 1.29 is 14.3 Å². The van der Waals surface area contributed by atoms with E-state index in [0.717, 1.165) is 11.1 Å². The fourth-order valence-corrected chi connectivity index (χ4v) is 2.36. The Kier molecular flexibility index (Phi) is 7.07. The fraction of sp³-hybridized carbons (Fsp3) is 0.556. The minimum absolute atomic E-state index is 0.0428. The number of carbonyl (C=O) groups is 2. The van der Waals surface area contributed by atoms with Gasteiger partial charge in [0.2, 0.25) is 5.91 Å². The third-order valence-electron chi connectivity index (χ3n) is 3.58. The summed E-state index contributed by atoms with van der Waals surface area (Å²) in [6.07, 6.45) is -0.797. The number of benzene rings is 1. The van der Waals surface area contributed by atoms with E-state index in [0.29, 0.717) is 0 Å². The summed E-state index contributed by atoms with van der Waals surface area (Å²) in [5.41, 5.74) is 2.18. The Balaban J connectivity index is 2.75. The van der Waals surface area contributed by atoms with Crippen molar-refractivity contribution in [3.05, 3.63) is 35.4 Å². The summed E-state index contributed by atoms with van der Waals surface area (Å²) >= 11 is 0. The maximum atomic E-state index is 12.5. The lowest BCUT2D eigenvalue weighted by Crippen LogP contribution is -2.50. The Morgan fingerprint density at radius 1 is 1.00 bits per heavy atom. The monoisotopic (exact) mass is 320 g/mol. The summed E-state index contributed by atoms with van der Waals surface area (Å²) in [6, 6.07) is 7.15. The minimum atomic E-state index is -0.632. The first kappa shape index (κ1) is 19.0. The summed E-state index contributed by atoms with van der Waals surface area (Å²) in [4.78, 5) is 24.3. The number of rotatable bonds is 6. The Morgan fingerprint density at radius 3 is 2.13 bits per heavy atom. The number of ether oxygens (including phenoxy) is 1. The molecule has 1 aromatic rings. The average molecular weight is 320 g/mol. The molecular weight excluding hydrogens is 292 g/mol. The second-order valence-electron chi connectivity index (χ2n) is 6.41. The molecular formula is C18H28N2O3. The summed E-state index contributed by atoms with van der Waals surface area (Å²) in [5.74, 6) is -0.254. The first-order valence-electron chi connectivity index (χ1n) is 8.05. The summed E-state index contributed by atoms with van der Waals surface area (Å²) in [6.45, 7) is 11.3. The molecule has 0 spiro atoms. The van der Waals surface area contributed by atoms with Gasteiger partial charge in [0.25, 0.3) is 0 Å². The van der Waals surface area contributed by atoms with Crippen LogP contribution in [0.15, 0.2) is 24.3 Å². The number of hydrogen-bond donors (Lipinski definition) is 2. The van der Waals surface area contributed by atoms with Gasteiger partial charge >= 0.3 is 6.09 Å². The van der Waals surface area contributed by atoms with Crippen molar-refractivity contribution in [1.82, 2.24) is 10.6 Å². The third-order valence-corrected chi connectivity index (χ3v) is 3.58. The normalized spacial score (nSPS) is 13.6. The molecule has 23 heavy (non-hydrogen) atoms. The zero-order valence-electron chi connectivity index (χ0n) is 14.8. The first-order chi connectivity index (χ1) is 10.7. The van der Waals surface area contributed by atoms with E-state index in [9.17, 15) is 9.59 Å². The first-order valence-corrected chi connectivity index (χ1v) is 8.05. The predicted molar refractivity (Wildman–Crippen MR) is 91.1 cm³/mol. The average Bonchev–Trinajstić information content (AvgIpc) is 2.43. The Labute approximate surface area is 138 Å². The van der Waals surface area contributed by atoms with Crippen LogP contribution in [0, 0.1) is 12.8 Å². The van der Waals surface area contributed by atoms with Crippen molar-refractivity contribution in [3.63, 3.8) is 0 Å². The summed E-state index contributed by atoms with van der Waals surface area (Å²) in [5, 5.41) is 5.61. The molecule has 128 valence electrons. The number of nitrogens with one attached hydrogen (secondary N) is 2.